The van der Waals surface area contributed by atoms with E-state index in [-0.39, 0.29) is 12.5 Å². The number of carbonyl (C=O) groups excluding carboxylic acids is 1. The molecule has 1 N–H and O–H groups in total. The molecule has 0 unspecified atom stereocenters. The minimum atomic E-state index is -0.250. The van der Waals surface area contributed by atoms with Crippen LogP contribution in [-0.4, -0.2) is 12.5 Å². The molecule has 33 heavy (non-hydrogen) atoms. The van der Waals surface area contributed by atoms with Crippen molar-refractivity contribution in [2.24, 2.45) is 0 Å². The number of nitrogens with one attached hydrogen (secondary N) is 1. The van der Waals surface area contributed by atoms with Crippen LogP contribution < -0.4 is 14.8 Å². The van der Waals surface area contributed by atoms with Crippen molar-refractivity contribution in [1.29, 1.82) is 0 Å². The molecule has 0 heterocycles. The number of benzene rings is 4. The molecule has 0 spiro atoms. The Morgan fingerprint density at radius 3 is 2.24 bits per heavy atom. The van der Waals surface area contributed by atoms with Crippen molar-refractivity contribution >= 4 is 23.2 Å². The van der Waals surface area contributed by atoms with Crippen LogP contribution in [0.1, 0.15) is 22.8 Å². The summed E-state index contributed by atoms with van der Waals surface area (Å²) in [5, 5.41) is 3.33. The zero-order chi connectivity index (χ0) is 23.0. The van der Waals surface area contributed by atoms with Gasteiger partial charge in [-0.25, -0.2) is 0 Å². The van der Waals surface area contributed by atoms with Gasteiger partial charge in [0.05, 0.1) is 17.3 Å². The number of rotatable bonds is 8. The van der Waals surface area contributed by atoms with Gasteiger partial charge in [0, 0.05) is 11.1 Å². The molecule has 1 amide bonds. The molecule has 0 fully saturated rings. The van der Waals surface area contributed by atoms with Crippen LogP contribution in [-0.2, 0) is 6.61 Å². The molecule has 0 aliphatic rings. The SMILES string of the molecule is CCOc1ccc(C(=O)Nc2ccccc2Cl)cc1COc1ccc(-c2ccccc2)cc1. The summed E-state index contributed by atoms with van der Waals surface area (Å²) in [6.07, 6.45) is 0. The lowest BCUT2D eigenvalue weighted by atomic mass is 10.1. The minimum Gasteiger partial charge on any atom is -0.493 e. The van der Waals surface area contributed by atoms with E-state index < -0.39 is 0 Å². The third-order valence-electron chi connectivity index (χ3n) is 5.10. The van der Waals surface area contributed by atoms with Crippen molar-refractivity contribution in [3.8, 4) is 22.6 Å². The largest absolute Gasteiger partial charge is 0.493 e. The molecule has 0 radical (unpaired) electrons. The van der Waals surface area contributed by atoms with Crippen LogP contribution in [0, 0.1) is 0 Å². The first-order valence-electron chi connectivity index (χ1n) is 10.7. The van der Waals surface area contributed by atoms with Gasteiger partial charge in [0.25, 0.3) is 5.91 Å². The summed E-state index contributed by atoms with van der Waals surface area (Å²) in [6, 6.07) is 30.6. The molecule has 4 rings (SSSR count). The second-order valence-electron chi connectivity index (χ2n) is 7.37. The summed E-state index contributed by atoms with van der Waals surface area (Å²) in [6.45, 7) is 2.71. The molecule has 4 aromatic carbocycles. The molecule has 0 aromatic heterocycles. The molecule has 4 aromatic rings. The van der Waals surface area contributed by atoms with E-state index in [1.165, 1.54) is 0 Å². The van der Waals surface area contributed by atoms with Crippen molar-refractivity contribution < 1.29 is 14.3 Å². The van der Waals surface area contributed by atoms with Crippen LogP contribution in [0.15, 0.2) is 97.1 Å². The molecular formula is C28H24ClNO3. The van der Waals surface area contributed by atoms with Crippen LogP contribution in [0.3, 0.4) is 0 Å². The number of carbonyl (C=O) groups is 1. The van der Waals surface area contributed by atoms with E-state index in [9.17, 15) is 4.79 Å². The predicted octanol–water partition coefficient (Wildman–Crippen LogP) is 7.24. The van der Waals surface area contributed by atoms with E-state index in [0.29, 0.717) is 28.6 Å². The van der Waals surface area contributed by atoms with Crippen molar-refractivity contribution in [3.05, 3.63) is 113 Å². The van der Waals surface area contributed by atoms with Gasteiger partial charge in [0.2, 0.25) is 0 Å². The molecule has 0 atom stereocenters. The van der Waals surface area contributed by atoms with Crippen LogP contribution in [0.25, 0.3) is 11.1 Å². The van der Waals surface area contributed by atoms with Gasteiger partial charge in [-0.15, -0.1) is 0 Å². The smallest absolute Gasteiger partial charge is 0.255 e. The zero-order valence-electron chi connectivity index (χ0n) is 18.3. The van der Waals surface area contributed by atoms with Gasteiger partial charge < -0.3 is 14.8 Å². The highest BCUT2D eigenvalue weighted by molar-refractivity contribution is 6.33. The third kappa shape index (κ3) is 5.73. The average Bonchev–Trinajstić information content (AvgIpc) is 2.86. The number of anilines is 1. The second kappa shape index (κ2) is 10.7. The fraction of sp³-hybridized carbons (Fsp3) is 0.107. The van der Waals surface area contributed by atoms with E-state index in [2.05, 4.69) is 17.4 Å². The summed E-state index contributed by atoms with van der Waals surface area (Å²) in [5.74, 6) is 1.18. The third-order valence-corrected chi connectivity index (χ3v) is 5.43. The molecule has 0 saturated heterocycles. The summed E-state index contributed by atoms with van der Waals surface area (Å²) in [7, 11) is 0. The van der Waals surface area contributed by atoms with Crippen LogP contribution >= 0.6 is 11.6 Å². The lowest BCUT2D eigenvalue weighted by molar-refractivity contribution is 0.102. The van der Waals surface area contributed by atoms with E-state index in [1.807, 2.05) is 61.5 Å². The molecule has 166 valence electrons. The van der Waals surface area contributed by atoms with Crippen LogP contribution in [0.2, 0.25) is 5.02 Å². The Morgan fingerprint density at radius 2 is 1.52 bits per heavy atom. The Bertz CT molecular complexity index is 1220. The van der Waals surface area contributed by atoms with Crippen LogP contribution in [0.5, 0.6) is 11.5 Å². The number of halogens is 1. The van der Waals surface area contributed by atoms with Crippen molar-refractivity contribution in [1.82, 2.24) is 0 Å². The molecule has 0 aliphatic heterocycles. The van der Waals surface area contributed by atoms with Gasteiger partial charge in [-0.2, -0.15) is 0 Å². The number of ether oxygens (including phenoxy) is 2. The Morgan fingerprint density at radius 1 is 0.818 bits per heavy atom. The van der Waals surface area contributed by atoms with Crippen molar-refractivity contribution in [2.75, 3.05) is 11.9 Å². The van der Waals surface area contributed by atoms with Crippen molar-refractivity contribution in [3.63, 3.8) is 0 Å². The molecule has 0 bridgehead atoms. The average molecular weight is 458 g/mol. The summed E-state index contributed by atoms with van der Waals surface area (Å²) in [5.41, 5.74) is 4.12. The Balaban J connectivity index is 1.49. The van der Waals surface area contributed by atoms with Gasteiger partial charge in [-0.1, -0.05) is 66.2 Å². The summed E-state index contributed by atoms with van der Waals surface area (Å²) < 4.78 is 11.8. The highest BCUT2D eigenvalue weighted by atomic mass is 35.5. The normalized spacial score (nSPS) is 10.5. The number of hydrogen-bond donors (Lipinski definition) is 1. The molecule has 4 nitrogen and oxygen atoms in total. The molecular weight excluding hydrogens is 434 g/mol. The monoisotopic (exact) mass is 457 g/mol. The van der Waals surface area contributed by atoms with Crippen LogP contribution in [0.4, 0.5) is 5.69 Å². The molecule has 5 heteroatoms. The fourth-order valence-corrected chi connectivity index (χ4v) is 3.61. The maximum Gasteiger partial charge on any atom is 0.255 e. The topological polar surface area (TPSA) is 47.6 Å². The lowest BCUT2D eigenvalue weighted by Crippen LogP contribution is -2.13. The van der Waals surface area contributed by atoms with Gasteiger partial charge in [0.15, 0.2) is 0 Å². The summed E-state index contributed by atoms with van der Waals surface area (Å²) >= 11 is 6.17. The molecule has 0 aliphatic carbocycles. The van der Waals surface area contributed by atoms with E-state index >= 15 is 0 Å². The second-order valence-corrected chi connectivity index (χ2v) is 7.78. The Kier molecular flexibility index (Phi) is 7.28. The molecule has 0 saturated carbocycles. The number of amides is 1. The first kappa shape index (κ1) is 22.4. The quantitative estimate of drug-likeness (QED) is 0.303. The Hall–Kier alpha value is -3.76. The predicted molar refractivity (Wildman–Crippen MR) is 133 cm³/mol. The van der Waals surface area contributed by atoms with Gasteiger partial charge in [-0.05, 0) is 60.5 Å². The van der Waals surface area contributed by atoms with E-state index in [4.69, 9.17) is 21.1 Å². The van der Waals surface area contributed by atoms with E-state index in [0.717, 1.165) is 22.4 Å². The highest BCUT2D eigenvalue weighted by Crippen LogP contribution is 2.26. The zero-order valence-corrected chi connectivity index (χ0v) is 19.0. The number of para-hydroxylation sites is 1. The lowest BCUT2D eigenvalue weighted by Gasteiger charge is -2.14. The Labute approximate surface area is 198 Å². The first-order valence-corrected chi connectivity index (χ1v) is 11.1. The maximum atomic E-state index is 12.8. The fourth-order valence-electron chi connectivity index (χ4n) is 3.42. The maximum absolute atomic E-state index is 12.8. The van der Waals surface area contributed by atoms with Gasteiger partial charge in [0.1, 0.15) is 18.1 Å². The van der Waals surface area contributed by atoms with Gasteiger partial charge >= 0.3 is 0 Å². The number of hydrogen-bond acceptors (Lipinski definition) is 3. The first-order chi connectivity index (χ1) is 16.1. The summed E-state index contributed by atoms with van der Waals surface area (Å²) in [4.78, 5) is 12.8. The van der Waals surface area contributed by atoms with Gasteiger partial charge in [-0.3, -0.25) is 4.79 Å². The van der Waals surface area contributed by atoms with E-state index in [1.54, 1.807) is 30.3 Å². The standard InChI is InChI=1S/C28H24ClNO3/c1-2-32-27-17-14-22(28(31)30-26-11-7-6-10-25(26)29)18-23(27)19-33-24-15-12-21(13-16-24)20-8-4-3-5-9-20/h3-18H,2,19H2,1H3,(H,30,31). The highest BCUT2D eigenvalue weighted by Gasteiger charge is 2.13. The minimum absolute atomic E-state index is 0.250. The van der Waals surface area contributed by atoms with Crippen molar-refractivity contribution in [2.45, 2.75) is 13.5 Å².